The molecule has 2 rings (SSSR count). The third-order valence-corrected chi connectivity index (χ3v) is 2.77. The Morgan fingerprint density at radius 1 is 1.17 bits per heavy atom. The highest BCUT2D eigenvalue weighted by molar-refractivity contribution is 5.35. The summed E-state index contributed by atoms with van der Waals surface area (Å²) >= 11 is 0. The third kappa shape index (κ3) is 3.08. The van der Waals surface area contributed by atoms with Crippen molar-refractivity contribution in [2.45, 2.75) is 26.3 Å². The first-order valence-corrected chi connectivity index (χ1v) is 6.11. The van der Waals surface area contributed by atoms with Crippen LogP contribution in [-0.4, -0.2) is 4.98 Å². The molecule has 3 nitrogen and oxygen atoms in total. The highest BCUT2D eigenvalue weighted by Gasteiger charge is 2.03. The van der Waals surface area contributed by atoms with E-state index in [1.54, 1.807) is 12.4 Å². The van der Waals surface area contributed by atoms with Gasteiger partial charge in [0.2, 0.25) is 0 Å². The molecule has 0 amide bonds. The quantitative estimate of drug-likeness (QED) is 0.893. The van der Waals surface area contributed by atoms with Crippen LogP contribution in [0.2, 0.25) is 0 Å². The number of nitrogens with zero attached hydrogens (tertiary/aromatic N) is 1. The van der Waals surface area contributed by atoms with Gasteiger partial charge in [-0.05, 0) is 35.2 Å². The molecule has 0 radical (unpaired) electrons. The van der Waals surface area contributed by atoms with Crippen molar-refractivity contribution in [3.63, 3.8) is 0 Å². The van der Waals surface area contributed by atoms with Crippen molar-refractivity contribution < 1.29 is 4.74 Å². The summed E-state index contributed by atoms with van der Waals surface area (Å²) in [4.78, 5) is 4.10. The molecule has 0 aliphatic heterocycles. The van der Waals surface area contributed by atoms with Gasteiger partial charge in [-0.15, -0.1) is 0 Å². The molecule has 0 saturated carbocycles. The van der Waals surface area contributed by atoms with Gasteiger partial charge in [-0.2, -0.15) is 0 Å². The summed E-state index contributed by atoms with van der Waals surface area (Å²) in [5, 5.41) is 0. The minimum absolute atomic E-state index is 0.468. The summed E-state index contributed by atoms with van der Waals surface area (Å²) in [6, 6.07) is 10.0. The first-order valence-electron chi connectivity index (χ1n) is 6.11. The Bertz CT molecular complexity index is 523. The number of nitrogens with two attached hydrogens (primary N) is 1. The van der Waals surface area contributed by atoms with Crippen molar-refractivity contribution in [3.8, 4) is 11.5 Å². The molecule has 0 spiro atoms. The van der Waals surface area contributed by atoms with E-state index in [2.05, 4.69) is 31.0 Å². The van der Waals surface area contributed by atoms with Crippen molar-refractivity contribution in [1.82, 2.24) is 4.98 Å². The fourth-order valence-corrected chi connectivity index (χ4v) is 1.70. The highest BCUT2D eigenvalue weighted by Crippen LogP contribution is 2.25. The lowest BCUT2D eigenvalue weighted by Crippen LogP contribution is -1.97. The molecule has 1 aromatic heterocycles. The molecule has 0 saturated heterocycles. The van der Waals surface area contributed by atoms with Crippen LogP contribution in [0, 0.1) is 0 Å². The molecule has 0 aliphatic carbocycles. The zero-order valence-electron chi connectivity index (χ0n) is 10.8. The Morgan fingerprint density at radius 3 is 2.72 bits per heavy atom. The molecule has 0 fully saturated rings. The van der Waals surface area contributed by atoms with Crippen LogP contribution < -0.4 is 10.5 Å². The first kappa shape index (κ1) is 12.6. The van der Waals surface area contributed by atoms with E-state index in [1.807, 2.05) is 18.2 Å². The van der Waals surface area contributed by atoms with Crippen LogP contribution in [0.1, 0.15) is 30.9 Å². The van der Waals surface area contributed by atoms with Gasteiger partial charge in [0.15, 0.2) is 0 Å². The zero-order valence-corrected chi connectivity index (χ0v) is 10.8. The predicted octanol–water partition coefficient (Wildman–Crippen LogP) is 3.46. The Balaban J connectivity index is 2.20. The van der Waals surface area contributed by atoms with Crippen LogP contribution in [-0.2, 0) is 6.54 Å². The Hall–Kier alpha value is -1.87. The maximum atomic E-state index is 5.79. The molecule has 0 bridgehead atoms. The van der Waals surface area contributed by atoms with Crippen molar-refractivity contribution in [2.24, 2.45) is 5.73 Å². The van der Waals surface area contributed by atoms with Crippen LogP contribution in [0.4, 0.5) is 0 Å². The largest absolute Gasteiger partial charge is 0.456 e. The third-order valence-electron chi connectivity index (χ3n) is 2.77. The number of rotatable bonds is 4. The number of aromatic nitrogens is 1. The second-order valence-electron chi connectivity index (χ2n) is 4.56. The van der Waals surface area contributed by atoms with E-state index in [4.69, 9.17) is 10.5 Å². The fourth-order valence-electron chi connectivity index (χ4n) is 1.70. The summed E-state index contributed by atoms with van der Waals surface area (Å²) in [6.45, 7) is 4.79. The zero-order chi connectivity index (χ0) is 13.0. The predicted molar refractivity (Wildman–Crippen MR) is 72.7 cm³/mol. The van der Waals surface area contributed by atoms with E-state index in [0.717, 1.165) is 17.1 Å². The van der Waals surface area contributed by atoms with Gasteiger partial charge >= 0.3 is 0 Å². The molecule has 18 heavy (non-hydrogen) atoms. The van der Waals surface area contributed by atoms with Crippen LogP contribution in [0.3, 0.4) is 0 Å². The lowest BCUT2D eigenvalue weighted by molar-refractivity contribution is 0.478. The second kappa shape index (κ2) is 5.65. The van der Waals surface area contributed by atoms with Gasteiger partial charge < -0.3 is 10.5 Å². The number of benzene rings is 1. The summed E-state index contributed by atoms with van der Waals surface area (Å²) in [5.41, 5.74) is 7.81. The van der Waals surface area contributed by atoms with Gasteiger partial charge in [-0.1, -0.05) is 26.0 Å². The lowest BCUT2D eigenvalue weighted by Gasteiger charge is -2.10. The van der Waals surface area contributed by atoms with Gasteiger partial charge in [0.1, 0.15) is 11.5 Å². The van der Waals surface area contributed by atoms with Gasteiger partial charge in [-0.25, -0.2) is 0 Å². The van der Waals surface area contributed by atoms with E-state index >= 15 is 0 Å². The van der Waals surface area contributed by atoms with Crippen LogP contribution >= 0.6 is 0 Å². The van der Waals surface area contributed by atoms with Crippen molar-refractivity contribution in [3.05, 3.63) is 53.9 Å². The molecule has 1 aromatic carbocycles. The molecule has 1 heterocycles. The Morgan fingerprint density at radius 2 is 2.00 bits per heavy atom. The molecular formula is C15H18N2O. The van der Waals surface area contributed by atoms with E-state index in [1.165, 1.54) is 5.56 Å². The second-order valence-corrected chi connectivity index (χ2v) is 4.56. The molecule has 94 valence electrons. The summed E-state index contributed by atoms with van der Waals surface area (Å²) in [6.07, 6.45) is 3.44. The minimum Gasteiger partial charge on any atom is -0.456 e. The fraction of sp³-hybridized carbons (Fsp3) is 0.267. The maximum Gasteiger partial charge on any atom is 0.146 e. The standard InChI is InChI=1S/C15H18N2O/c1-11(2)13-4-3-5-14(7-13)18-15-6-12(8-16)9-17-10-15/h3-7,9-11H,8,16H2,1-2H3. The maximum absolute atomic E-state index is 5.79. The van der Waals surface area contributed by atoms with E-state index in [-0.39, 0.29) is 0 Å². The summed E-state index contributed by atoms with van der Waals surface area (Å²) in [7, 11) is 0. The van der Waals surface area contributed by atoms with E-state index in [0.29, 0.717) is 12.5 Å². The van der Waals surface area contributed by atoms with Gasteiger partial charge in [-0.3, -0.25) is 4.98 Å². The van der Waals surface area contributed by atoms with Crippen molar-refractivity contribution in [2.75, 3.05) is 0 Å². The molecule has 0 atom stereocenters. The van der Waals surface area contributed by atoms with Gasteiger partial charge in [0.05, 0.1) is 6.20 Å². The van der Waals surface area contributed by atoms with Gasteiger partial charge in [0, 0.05) is 12.7 Å². The van der Waals surface area contributed by atoms with E-state index < -0.39 is 0 Å². The van der Waals surface area contributed by atoms with E-state index in [9.17, 15) is 0 Å². The van der Waals surface area contributed by atoms with Crippen molar-refractivity contribution >= 4 is 0 Å². The average molecular weight is 242 g/mol. The van der Waals surface area contributed by atoms with Crippen LogP contribution in [0.25, 0.3) is 0 Å². The summed E-state index contributed by atoms with van der Waals surface area (Å²) < 4.78 is 5.79. The molecule has 0 unspecified atom stereocenters. The molecule has 3 heteroatoms. The Kier molecular flexibility index (Phi) is 3.95. The minimum atomic E-state index is 0.468. The van der Waals surface area contributed by atoms with Gasteiger partial charge in [0.25, 0.3) is 0 Å². The number of hydrogen-bond acceptors (Lipinski definition) is 3. The molecular weight excluding hydrogens is 224 g/mol. The average Bonchev–Trinajstić information content (AvgIpc) is 2.39. The molecule has 2 aromatic rings. The topological polar surface area (TPSA) is 48.1 Å². The highest BCUT2D eigenvalue weighted by atomic mass is 16.5. The smallest absolute Gasteiger partial charge is 0.146 e. The van der Waals surface area contributed by atoms with Crippen molar-refractivity contribution in [1.29, 1.82) is 0 Å². The number of ether oxygens (including phenoxy) is 1. The SMILES string of the molecule is CC(C)c1cccc(Oc2cncc(CN)c2)c1. The number of pyridine rings is 1. The summed E-state index contributed by atoms with van der Waals surface area (Å²) in [5.74, 6) is 2.04. The molecule has 2 N–H and O–H groups in total. The van der Waals surface area contributed by atoms with Crippen LogP contribution in [0.5, 0.6) is 11.5 Å². The first-order chi connectivity index (χ1) is 8.69. The monoisotopic (exact) mass is 242 g/mol. The number of hydrogen-bond donors (Lipinski definition) is 1. The Labute approximate surface area is 108 Å². The molecule has 0 aliphatic rings. The van der Waals surface area contributed by atoms with Crippen LogP contribution in [0.15, 0.2) is 42.7 Å². The lowest BCUT2D eigenvalue weighted by atomic mass is 10.0. The normalized spacial score (nSPS) is 10.7.